The minimum atomic E-state index is 0.900. The molecule has 0 fully saturated rings. The van der Waals surface area contributed by atoms with Crippen molar-refractivity contribution in [3.8, 4) is 0 Å². The number of nitrogen functional groups attached to an aromatic ring is 1. The van der Waals surface area contributed by atoms with Crippen molar-refractivity contribution in [3.63, 3.8) is 0 Å². The molecular weight excluding hydrogens is 256 g/mol. The Bertz CT molecular complexity index is 414. The highest BCUT2D eigenvalue weighted by atomic mass is 15.1. The number of hydrogen-bond donors (Lipinski definition) is 1. The molecule has 0 aromatic heterocycles. The number of rotatable bonds is 9. The first-order valence-corrected chi connectivity index (χ1v) is 8.94. The van der Waals surface area contributed by atoms with Crippen LogP contribution in [0.25, 0.3) is 0 Å². The summed E-state index contributed by atoms with van der Waals surface area (Å²) in [7, 11) is 0. The van der Waals surface area contributed by atoms with Crippen molar-refractivity contribution >= 4 is 11.4 Å². The van der Waals surface area contributed by atoms with E-state index in [0.29, 0.717) is 0 Å². The largest absolute Gasteiger partial charge is 0.399 e. The van der Waals surface area contributed by atoms with E-state index in [2.05, 4.69) is 24.0 Å². The first kappa shape index (κ1) is 16.2. The van der Waals surface area contributed by atoms with Crippen LogP contribution in [0.3, 0.4) is 0 Å². The smallest absolute Gasteiger partial charge is 0.0419 e. The highest BCUT2D eigenvalue weighted by Gasteiger charge is 2.16. The molecule has 2 nitrogen and oxygen atoms in total. The van der Waals surface area contributed by atoms with Gasteiger partial charge in [0.15, 0.2) is 0 Å². The molecule has 1 aliphatic rings. The van der Waals surface area contributed by atoms with Crippen LogP contribution < -0.4 is 10.6 Å². The van der Waals surface area contributed by atoms with E-state index in [9.17, 15) is 0 Å². The fourth-order valence-corrected chi connectivity index (χ4v) is 3.34. The maximum atomic E-state index is 5.95. The number of aryl methyl sites for hydroxylation is 1. The molecule has 1 aromatic carbocycles. The molecule has 0 unspecified atom stereocenters. The molecule has 2 rings (SSSR count). The topological polar surface area (TPSA) is 29.3 Å². The zero-order valence-electron chi connectivity index (χ0n) is 13.7. The van der Waals surface area contributed by atoms with Crippen molar-refractivity contribution in [2.24, 2.45) is 0 Å². The van der Waals surface area contributed by atoms with Crippen molar-refractivity contribution < 1.29 is 0 Å². The van der Waals surface area contributed by atoms with E-state index >= 15 is 0 Å². The Kier molecular flexibility index (Phi) is 6.91. The van der Waals surface area contributed by atoms with Crippen molar-refractivity contribution in [2.75, 3.05) is 23.7 Å². The van der Waals surface area contributed by atoms with E-state index in [0.717, 1.165) is 5.69 Å². The maximum absolute atomic E-state index is 5.95. The van der Waals surface area contributed by atoms with Gasteiger partial charge in [-0.05, 0) is 37.0 Å². The van der Waals surface area contributed by atoms with Gasteiger partial charge in [0.1, 0.15) is 0 Å². The van der Waals surface area contributed by atoms with Crippen LogP contribution in [0.5, 0.6) is 0 Å². The number of anilines is 2. The summed E-state index contributed by atoms with van der Waals surface area (Å²) in [4.78, 5) is 2.55. The van der Waals surface area contributed by atoms with Crippen molar-refractivity contribution in [1.82, 2.24) is 0 Å². The summed E-state index contributed by atoms with van der Waals surface area (Å²) in [6.45, 7) is 4.68. The van der Waals surface area contributed by atoms with Crippen LogP contribution in [0, 0.1) is 0 Å². The summed E-state index contributed by atoms with van der Waals surface area (Å²) < 4.78 is 0. The van der Waals surface area contributed by atoms with Crippen LogP contribution in [0.15, 0.2) is 18.2 Å². The van der Waals surface area contributed by atoms with Crippen LogP contribution >= 0.6 is 0 Å². The van der Waals surface area contributed by atoms with Crippen LogP contribution in [-0.2, 0) is 6.42 Å². The van der Waals surface area contributed by atoms with E-state index in [-0.39, 0.29) is 0 Å². The maximum Gasteiger partial charge on any atom is 0.0419 e. The lowest BCUT2D eigenvalue weighted by atomic mass is 10.0. The van der Waals surface area contributed by atoms with Crippen LogP contribution in [0.1, 0.15) is 70.3 Å². The second kappa shape index (κ2) is 8.96. The van der Waals surface area contributed by atoms with Crippen molar-refractivity contribution in [1.29, 1.82) is 0 Å². The van der Waals surface area contributed by atoms with E-state index in [1.165, 1.54) is 88.5 Å². The average molecular weight is 288 g/mol. The Labute approximate surface area is 130 Å². The molecule has 0 amide bonds. The summed E-state index contributed by atoms with van der Waals surface area (Å²) >= 11 is 0. The number of nitrogens with zero attached hydrogens (tertiary/aromatic N) is 1. The molecule has 0 aliphatic carbocycles. The molecule has 21 heavy (non-hydrogen) atoms. The molecule has 1 aromatic rings. The van der Waals surface area contributed by atoms with Crippen LogP contribution in [-0.4, -0.2) is 13.1 Å². The highest BCUT2D eigenvalue weighted by molar-refractivity contribution is 5.62. The molecule has 118 valence electrons. The summed E-state index contributed by atoms with van der Waals surface area (Å²) in [5.41, 5.74) is 9.73. The molecule has 0 saturated carbocycles. The third kappa shape index (κ3) is 5.26. The zero-order chi connectivity index (χ0) is 14.9. The monoisotopic (exact) mass is 288 g/mol. The third-order valence-corrected chi connectivity index (χ3v) is 4.61. The van der Waals surface area contributed by atoms with Gasteiger partial charge in [-0.3, -0.25) is 0 Å². The first-order chi connectivity index (χ1) is 10.3. The summed E-state index contributed by atoms with van der Waals surface area (Å²) in [5.74, 6) is 0. The lowest BCUT2D eigenvalue weighted by Crippen LogP contribution is -2.30. The van der Waals surface area contributed by atoms with E-state index in [4.69, 9.17) is 5.73 Å². The molecule has 1 aliphatic heterocycles. The van der Waals surface area contributed by atoms with Gasteiger partial charge in [0.05, 0.1) is 0 Å². The predicted molar refractivity (Wildman–Crippen MR) is 94.0 cm³/mol. The number of fused-ring (bicyclic) bond motifs is 1. The van der Waals surface area contributed by atoms with Crippen molar-refractivity contribution in [3.05, 3.63) is 23.8 Å². The lowest BCUT2D eigenvalue weighted by molar-refractivity contribution is 0.566. The van der Waals surface area contributed by atoms with Gasteiger partial charge in [-0.25, -0.2) is 0 Å². The highest BCUT2D eigenvalue weighted by Crippen LogP contribution is 2.29. The second-order valence-corrected chi connectivity index (χ2v) is 6.45. The summed E-state index contributed by atoms with van der Waals surface area (Å²) in [6.07, 6.45) is 13.6. The van der Waals surface area contributed by atoms with E-state index in [1.807, 2.05) is 6.07 Å². The fraction of sp³-hybridized carbons (Fsp3) is 0.684. The van der Waals surface area contributed by atoms with E-state index < -0.39 is 0 Å². The Balaban J connectivity index is 1.67. The van der Waals surface area contributed by atoms with Gasteiger partial charge in [-0.2, -0.15) is 0 Å². The third-order valence-electron chi connectivity index (χ3n) is 4.61. The Morgan fingerprint density at radius 2 is 1.71 bits per heavy atom. The number of hydrogen-bond acceptors (Lipinski definition) is 2. The van der Waals surface area contributed by atoms with Gasteiger partial charge in [-0.15, -0.1) is 0 Å². The number of unbranched alkanes of at least 4 members (excludes halogenated alkanes) is 7. The minimum Gasteiger partial charge on any atom is -0.399 e. The quantitative estimate of drug-likeness (QED) is 0.502. The Morgan fingerprint density at radius 3 is 2.48 bits per heavy atom. The molecule has 0 spiro atoms. The van der Waals surface area contributed by atoms with Crippen LogP contribution in [0.2, 0.25) is 0 Å². The van der Waals surface area contributed by atoms with Gasteiger partial charge in [0, 0.05) is 24.5 Å². The average Bonchev–Trinajstić information content (AvgIpc) is 2.50. The molecule has 1 heterocycles. The van der Waals surface area contributed by atoms with Crippen LogP contribution in [0.4, 0.5) is 11.4 Å². The molecule has 2 heteroatoms. The minimum absolute atomic E-state index is 0.900. The fourth-order valence-electron chi connectivity index (χ4n) is 3.34. The van der Waals surface area contributed by atoms with Gasteiger partial charge in [0.2, 0.25) is 0 Å². The zero-order valence-corrected chi connectivity index (χ0v) is 13.7. The molecule has 0 radical (unpaired) electrons. The molecular formula is C19H32N2. The molecule has 0 saturated heterocycles. The second-order valence-electron chi connectivity index (χ2n) is 6.45. The Morgan fingerprint density at radius 1 is 1.00 bits per heavy atom. The van der Waals surface area contributed by atoms with Crippen molar-refractivity contribution in [2.45, 2.75) is 71.1 Å². The molecule has 0 bridgehead atoms. The van der Waals surface area contributed by atoms with E-state index in [1.54, 1.807) is 0 Å². The standard InChI is InChI=1S/C19H32N2/c1-2-3-4-5-6-7-8-9-14-21-15-10-11-17-12-13-18(20)16-19(17)21/h12-13,16H,2-11,14-15,20H2,1H3. The van der Waals surface area contributed by atoms with Gasteiger partial charge in [-0.1, -0.05) is 57.9 Å². The molecule has 2 N–H and O–H groups in total. The summed E-state index contributed by atoms with van der Waals surface area (Å²) in [5, 5.41) is 0. The summed E-state index contributed by atoms with van der Waals surface area (Å²) in [6, 6.07) is 6.42. The lowest BCUT2D eigenvalue weighted by Gasteiger charge is -2.31. The predicted octanol–water partition coefficient (Wildman–Crippen LogP) is 5.16. The number of nitrogens with two attached hydrogens (primary N) is 1. The SMILES string of the molecule is CCCCCCCCCCN1CCCc2ccc(N)cc21. The van der Waals surface area contributed by atoms with Gasteiger partial charge in [0.25, 0.3) is 0 Å². The normalized spacial score (nSPS) is 14.2. The molecule has 0 atom stereocenters. The first-order valence-electron chi connectivity index (χ1n) is 8.94. The van der Waals surface area contributed by atoms with Gasteiger partial charge < -0.3 is 10.6 Å². The number of benzene rings is 1. The Hall–Kier alpha value is -1.18. The van der Waals surface area contributed by atoms with Gasteiger partial charge >= 0.3 is 0 Å².